The number of halogens is 2. The summed E-state index contributed by atoms with van der Waals surface area (Å²) in [6, 6.07) is 11.5. The highest BCUT2D eigenvalue weighted by molar-refractivity contribution is 9.10. The minimum Gasteiger partial charge on any atom is -0.359 e. The third-order valence-corrected chi connectivity index (χ3v) is 3.73. The van der Waals surface area contributed by atoms with Crippen LogP contribution in [0.5, 0.6) is 0 Å². The fourth-order valence-corrected chi connectivity index (χ4v) is 2.35. The van der Waals surface area contributed by atoms with Crippen molar-refractivity contribution in [1.82, 2.24) is 5.32 Å². The molecule has 0 unspecified atom stereocenters. The first kappa shape index (κ1) is 17.9. The number of hydrogen-bond donors (Lipinski definition) is 2. The molecule has 2 rings (SSSR count). The number of carbonyl (C=O) groups is 2. The number of benzene rings is 2. The molecule has 0 aliphatic carbocycles. The lowest BCUT2D eigenvalue weighted by atomic mass is 10.1. The molecule has 0 saturated carbocycles. The van der Waals surface area contributed by atoms with Crippen molar-refractivity contribution in [3.05, 3.63) is 70.0 Å². The summed E-state index contributed by atoms with van der Waals surface area (Å²) in [7, 11) is 1.58. The van der Waals surface area contributed by atoms with Crippen molar-refractivity contribution in [3.8, 4) is 0 Å². The molecule has 2 amide bonds. The second kappa shape index (κ2) is 8.40. The van der Waals surface area contributed by atoms with Gasteiger partial charge in [-0.2, -0.15) is 0 Å². The Morgan fingerprint density at radius 2 is 1.88 bits per heavy atom. The molecular weight excluding hydrogens is 375 g/mol. The van der Waals surface area contributed by atoms with Crippen molar-refractivity contribution in [2.75, 3.05) is 12.4 Å². The van der Waals surface area contributed by atoms with E-state index in [2.05, 4.69) is 26.6 Å². The van der Waals surface area contributed by atoms with Gasteiger partial charge in [-0.3, -0.25) is 9.59 Å². The van der Waals surface area contributed by atoms with Crippen LogP contribution < -0.4 is 10.6 Å². The quantitative estimate of drug-likeness (QED) is 0.767. The molecule has 2 aromatic rings. The summed E-state index contributed by atoms with van der Waals surface area (Å²) in [4.78, 5) is 23.2. The second-order valence-corrected chi connectivity index (χ2v) is 5.95. The van der Waals surface area contributed by atoms with E-state index in [0.717, 1.165) is 10.0 Å². The Labute approximate surface area is 147 Å². The van der Waals surface area contributed by atoms with Crippen molar-refractivity contribution in [3.63, 3.8) is 0 Å². The molecule has 6 heteroatoms. The van der Waals surface area contributed by atoms with Crippen LogP contribution in [0.15, 0.2) is 53.0 Å². The van der Waals surface area contributed by atoms with Gasteiger partial charge >= 0.3 is 0 Å². The van der Waals surface area contributed by atoms with Crippen LogP contribution in [0, 0.1) is 5.82 Å². The zero-order chi connectivity index (χ0) is 17.5. The summed E-state index contributed by atoms with van der Waals surface area (Å²) < 4.78 is 14.3. The Morgan fingerprint density at radius 3 is 2.54 bits per heavy atom. The Kier molecular flexibility index (Phi) is 6.26. The summed E-state index contributed by atoms with van der Waals surface area (Å²) in [6.45, 7) is 0. The van der Waals surface area contributed by atoms with Gasteiger partial charge in [0.2, 0.25) is 11.8 Å². The molecule has 0 atom stereocenters. The molecule has 24 heavy (non-hydrogen) atoms. The zero-order valence-electron chi connectivity index (χ0n) is 13.0. The maximum atomic E-state index is 13.6. The van der Waals surface area contributed by atoms with Crippen LogP contribution in [-0.2, 0) is 16.0 Å². The molecular formula is C18H16BrFN2O2. The first-order valence-electron chi connectivity index (χ1n) is 7.21. The maximum Gasteiger partial charge on any atom is 0.248 e. The molecule has 0 spiro atoms. The molecule has 0 aliphatic heterocycles. The second-order valence-electron chi connectivity index (χ2n) is 5.04. The van der Waals surface area contributed by atoms with Crippen LogP contribution in [0.4, 0.5) is 10.1 Å². The minimum atomic E-state index is -0.402. The maximum absolute atomic E-state index is 13.6. The third-order valence-electron chi connectivity index (χ3n) is 3.24. The highest BCUT2D eigenvalue weighted by Crippen LogP contribution is 2.17. The highest BCUT2D eigenvalue weighted by atomic mass is 79.9. The number of anilines is 1. The topological polar surface area (TPSA) is 58.2 Å². The molecule has 4 nitrogen and oxygen atoms in total. The molecule has 124 valence electrons. The molecule has 0 heterocycles. The SMILES string of the molecule is CNC(=O)Cc1ccc(NC(=O)/C=C/c2cc(Br)ccc2F)cc1. The van der Waals surface area contributed by atoms with Gasteiger partial charge in [-0.15, -0.1) is 0 Å². The van der Waals surface area contributed by atoms with Gasteiger partial charge in [0.05, 0.1) is 6.42 Å². The number of nitrogens with one attached hydrogen (secondary N) is 2. The summed E-state index contributed by atoms with van der Waals surface area (Å²) in [5.41, 5.74) is 1.76. The van der Waals surface area contributed by atoms with Crippen molar-refractivity contribution in [1.29, 1.82) is 0 Å². The molecule has 0 saturated heterocycles. The number of likely N-dealkylation sites (N-methyl/N-ethyl adjacent to an activating group) is 1. The molecule has 0 aliphatic rings. The lowest BCUT2D eigenvalue weighted by Crippen LogP contribution is -2.19. The largest absolute Gasteiger partial charge is 0.359 e. The Hall–Kier alpha value is -2.47. The van der Waals surface area contributed by atoms with Gasteiger partial charge in [0.25, 0.3) is 0 Å². The standard InChI is InChI=1S/C18H16BrFN2O2/c1-21-18(24)10-12-2-6-15(7-3-12)22-17(23)9-4-13-11-14(19)5-8-16(13)20/h2-9,11H,10H2,1H3,(H,21,24)(H,22,23)/b9-4+. The van der Waals surface area contributed by atoms with E-state index in [1.165, 1.54) is 18.2 Å². The summed E-state index contributed by atoms with van der Waals surface area (Å²) in [5, 5.41) is 5.23. The Balaban J connectivity index is 1.98. The summed E-state index contributed by atoms with van der Waals surface area (Å²) in [6.07, 6.45) is 2.96. The van der Waals surface area contributed by atoms with Gasteiger partial charge in [0, 0.05) is 28.8 Å². The number of hydrogen-bond acceptors (Lipinski definition) is 2. The van der Waals surface area contributed by atoms with Crippen LogP contribution in [0.2, 0.25) is 0 Å². The predicted molar refractivity (Wildman–Crippen MR) is 96.0 cm³/mol. The molecule has 0 radical (unpaired) electrons. The van der Waals surface area contributed by atoms with E-state index < -0.39 is 5.82 Å². The average Bonchev–Trinajstić information content (AvgIpc) is 2.57. The van der Waals surface area contributed by atoms with E-state index in [-0.39, 0.29) is 18.2 Å². The van der Waals surface area contributed by atoms with Crippen LogP contribution in [0.25, 0.3) is 6.08 Å². The molecule has 2 aromatic carbocycles. The van der Waals surface area contributed by atoms with E-state index in [1.807, 2.05) is 0 Å². The van der Waals surface area contributed by atoms with Crippen molar-refractivity contribution < 1.29 is 14.0 Å². The van der Waals surface area contributed by atoms with E-state index >= 15 is 0 Å². The monoisotopic (exact) mass is 390 g/mol. The molecule has 0 fully saturated rings. The van der Waals surface area contributed by atoms with E-state index in [0.29, 0.717) is 11.3 Å². The van der Waals surface area contributed by atoms with E-state index in [9.17, 15) is 14.0 Å². The van der Waals surface area contributed by atoms with Crippen LogP contribution >= 0.6 is 15.9 Å². The smallest absolute Gasteiger partial charge is 0.248 e. The van der Waals surface area contributed by atoms with E-state index in [4.69, 9.17) is 0 Å². The van der Waals surface area contributed by atoms with Gasteiger partial charge in [-0.05, 0) is 42.0 Å². The Morgan fingerprint density at radius 1 is 1.17 bits per heavy atom. The van der Waals surface area contributed by atoms with Crippen LogP contribution in [0.1, 0.15) is 11.1 Å². The zero-order valence-corrected chi connectivity index (χ0v) is 14.6. The number of amides is 2. The first-order valence-corrected chi connectivity index (χ1v) is 8.01. The molecule has 0 bridgehead atoms. The summed E-state index contributed by atoms with van der Waals surface area (Å²) in [5.74, 6) is -0.847. The van der Waals surface area contributed by atoms with Crippen LogP contribution in [0.3, 0.4) is 0 Å². The normalized spacial score (nSPS) is 10.6. The third kappa shape index (κ3) is 5.31. The highest BCUT2D eigenvalue weighted by Gasteiger charge is 2.03. The fraction of sp³-hybridized carbons (Fsp3) is 0.111. The molecule has 0 aromatic heterocycles. The van der Waals surface area contributed by atoms with Gasteiger partial charge in [-0.25, -0.2) is 4.39 Å². The lowest BCUT2D eigenvalue weighted by molar-refractivity contribution is -0.120. The van der Waals surface area contributed by atoms with Crippen molar-refractivity contribution in [2.24, 2.45) is 0 Å². The van der Waals surface area contributed by atoms with Crippen molar-refractivity contribution >= 4 is 39.5 Å². The first-order chi connectivity index (χ1) is 11.5. The Bertz CT molecular complexity index is 773. The fourth-order valence-electron chi connectivity index (χ4n) is 1.97. The van der Waals surface area contributed by atoms with E-state index in [1.54, 1.807) is 43.4 Å². The van der Waals surface area contributed by atoms with Crippen molar-refractivity contribution in [2.45, 2.75) is 6.42 Å². The molecule has 2 N–H and O–H groups in total. The number of carbonyl (C=O) groups excluding carboxylic acids is 2. The van der Waals surface area contributed by atoms with Gasteiger partial charge in [-0.1, -0.05) is 28.1 Å². The average molecular weight is 391 g/mol. The minimum absolute atomic E-state index is 0.0780. The lowest BCUT2D eigenvalue weighted by Gasteiger charge is -2.04. The summed E-state index contributed by atoms with van der Waals surface area (Å²) >= 11 is 3.26. The van der Waals surface area contributed by atoms with Gasteiger partial charge in [0.1, 0.15) is 5.82 Å². The van der Waals surface area contributed by atoms with Gasteiger partial charge in [0.15, 0.2) is 0 Å². The van der Waals surface area contributed by atoms with Crippen LogP contribution in [-0.4, -0.2) is 18.9 Å². The number of rotatable bonds is 5. The predicted octanol–water partition coefficient (Wildman–Crippen LogP) is 3.53. The van der Waals surface area contributed by atoms with Gasteiger partial charge < -0.3 is 10.6 Å².